The van der Waals surface area contributed by atoms with Crippen LogP contribution in [-0.4, -0.2) is 43.8 Å². The summed E-state index contributed by atoms with van der Waals surface area (Å²) < 4.78 is 7.06. The Kier molecular flexibility index (Phi) is 8.54. The summed E-state index contributed by atoms with van der Waals surface area (Å²) in [5.41, 5.74) is 3.81. The lowest BCUT2D eigenvalue weighted by atomic mass is 10.2. The Hall–Kier alpha value is -1.82. The summed E-state index contributed by atoms with van der Waals surface area (Å²) in [6.45, 7) is 6.78. The van der Waals surface area contributed by atoms with Crippen molar-refractivity contribution in [3.05, 3.63) is 53.3 Å². The van der Waals surface area contributed by atoms with E-state index in [1.165, 1.54) is 0 Å². The highest BCUT2D eigenvalue weighted by Gasteiger charge is 2.16. The van der Waals surface area contributed by atoms with Gasteiger partial charge in [-0.2, -0.15) is 0 Å². The average Bonchev–Trinajstić information content (AvgIpc) is 2.86. The molecule has 0 spiro atoms. The maximum absolute atomic E-state index is 12.4. The third kappa shape index (κ3) is 5.09. The predicted octanol–water partition coefficient (Wildman–Crippen LogP) is 2.48. The fraction of sp³-hybridized carbons (Fsp3) is 0.389. The van der Waals surface area contributed by atoms with Crippen molar-refractivity contribution in [1.82, 2.24) is 15.2 Å². The molecule has 0 aliphatic carbocycles. The van der Waals surface area contributed by atoms with Gasteiger partial charge in [-0.15, -0.1) is 12.4 Å². The van der Waals surface area contributed by atoms with Crippen LogP contribution in [0.25, 0.3) is 5.69 Å². The van der Waals surface area contributed by atoms with Crippen LogP contribution >= 0.6 is 12.4 Å². The number of rotatable bonds is 8. The van der Waals surface area contributed by atoms with E-state index in [9.17, 15) is 4.79 Å². The van der Waals surface area contributed by atoms with Gasteiger partial charge in [-0.1, -0.05) is 18.2 Å². The number of carbonyl (C=O) groups is 1. The quantitative estimate of drug-likeness (QED) is 0.718. The van der Waals surface area contributed by atoms with Gasteiger partial charge >= 0.3 is 0 Å². The van der Waals surface area contributed by atoms with Crippen molar-refractivity contribution in [3.8, 4) is 5.69 Å². The lowest BCUT2D eigenvalue weighted by Crippen LogP contribution is -2.33. The first-order valence-electron chi connectivity index (χ1n) is 7.87. The molecule has 1 aromatic heterocycles. The van der Waals surface area contributed by atoms with Gasteiger partial charge in [-0.25, -0.2) is 0 Å². The summed E-state index contributed by atoms with van der Waals surface area (Å²) in [4.78, 5) is 12.4. The molecule has 0 bridgehead atoms. The van der Waals surface area contributed by atoms with Gasteiger partial charge in [-0.3, -0.25) is 4.79 Å². The van der Waals surface area contributed by atoms with Gasteiger partial charge in [0.15, 0.2) is 0 Å². The molecule has 0 saturated carbocycles. The number of carbonyl (C=O) groups excluding carboxylic acids is 1. The maximum atomic E-state index is 12.4. The van der Waals surface area contributed by atoms with Gasteiger partial charge < -0.3 is 19.9 Å². The van der Waals surface area contributed by atoms with E-state index in [1.54, 1.807) is 7.11 Å². The second-order valence-electron chi connectivity index (χ2n) is 5.45. The molecule has 2 N–H and O–H groups in total. The van der Waals surface area contributed by atoms with Crippen molar-refractivity contribution in [2.45, 2.75) is 13.8 Å². The van der Waals surface area contributed by atoms with Crippen LogP contribution < -0.4 is 10.6 Å². The molecule has 1 aromatic carbocycles. The Morgan fingerprint density at radius 3 is 2.50 bits per heavy atom. The Morgan fingerprint density at radius 2 is 1.83 bits per heavy atom. The maximum Gasteiger partial charge on any atom is 0.253 e. The predicted molar refractivity (Wildman–Crippen MR) is 99.6 cm³/mol. The monoisotopic (exact) mass is 351 g/mol. The first-order chi connectivity index (χ1) is 11.1. The molecule has 0 fully saturated rings. The zero-order chi connectivity index (χ0) is 16.7. The number of halogens is 1. The van der Waals surface area contributed by atoms with Crippen molar-refractivity contribution in [3.63, 3.8) is 0 Å². The molecule has 1 amide bonds. The van der Waals surface area contributed by atoms with Crippen molar-refractivity contribution in [1.29, 1.82) is 0 Å². The van der Waals surface area contributed by atoms with Crippen LogP contribution in [0.1, 0.15) is 21.7 Å². The van der Waals surface area contributed by atoms with E-state index in [1.807, 2.05) is 50.2 Å². The molecule has 2 aromatic rings. The molecule has 0 aliphatic heterocycles. The van der Waals surface area contributed by atoms with Gasteiger partial charge in [0.1, 0.15) is 0 Å². The highest BCUT2D eigenvalue weighted by molar-refractivity contribution is 5.95. The number of ether oxygens (including phenoxy) is 1. The highest BCUT2D eigenvalue weighted by Crippen LogP contribution is 2.20. The fourth-order valence-electron chi connectivity index (χ4n) is 2.63. The van der Waals surface area contributed by atoms with E-state index >= 15 is 0 Å². The Morgan fingerprint density at radius 1 is 1.12 bits per heavy atom. The highest BCUT2D eigenvalue weighted by atomic mass is 35.5. The minimum atomic E-state index is -0.0335. The number of hydrogen-bond donors (Lipinski definition) is 2. The van der Waals surface area contributed by atoms with Crippen LogP contribution in [0, 0.1) is 13.8 Å². The van der Waals surface area contributed by atoms with E-state index in [-0.39, 0.29) is 18.3 Å². The van der Waals surface area contributed by atoms with Crippen molar-refractivity contribution >= 4 is 18.3 Å². The smallest absolute Gasteiger partial charge is 0.253 e. The molecule has 0 radical (unpaired) electrons. The largest absolute Gasteiger partial charge is 0.383 e. The Labute approximate surface area is 149 Å². The van der Waals surface area contributed by atoms with E-state index in [2.05, 4.69) is 15.2 Å². The van der Waals surface area contributed by atoms with E-state index in [4.69, 9.17) is 4.74 Å². The minimum absolute atomic E-state index is 0. The van der Waals surface area contributed by atoms with Crippen LogP contribution in [0.5, 0.6) is 0 Å². The molecule has 5 nitrogen and oxygen atoms in total. The van der Waals surface area contributed by atoms with Gasteiger partial charge in [0.25, 0.3) is 5.91 Å². The summed E-state index contributed by atoms with van der Waals surface area (Å²) in [5, 5.41) is 6.16. The summed E-state index contributed by atoms with van der Waals surface area (Å²) >= 11 is 0. The molecule has 0 saturated heterocycles. The average molecular weight is 352 g/mol. The molecule has 0 unspecified atom stereocenters. The number of para-hydroxylation sites is 1. The van der Waals surface area contributed by atoms with Gasteiger partial charge in [0, 0.05) is 43.8 Å². The molecule has 0 aliphatic rings. The van der Waals surface area contributed by atoms with Crippen LogP contribution in [-0.2, 0) is 4.74 Å². The first kappa shape index (κ1) is 20.2. The lowest BCUT2D eigenvalue weighted by Gasteiger charge is -2.10. The Bertz CT molecular complexity index is 641. The second-order valence-corrected chi connectivity index (χ2v) is 5.45. The third-order valence-corrected chi connectivity index (χ3v) is 3.76. The van der Waals surface area contributed by atoms with Crippen molar-refractivity contribution in [2.75, 3.05) is 33.4 Å². The SMILES string of the molecule is COCCNCCNC(=O)c1cc(C)n(-c2ccccc2)c1C.Cl. The molecule has 132 valence electrons. The van der Waals surface area contributed by atoms with Crippen LogP contribution in [0.2, 0.25) is 0 Å². The van der Waals surface area contributed by atoms with Crippen molar-refractivity contribution in [2.24, 2.45) is 0 Å². The topological polar surface area (TPSA) is 55.3 Å². The number of aromatic nitrogens is 1. The molecule has 1 heterocycles. The fourth-order valence-corrected chi connectivity index (χ4v) is 2.63. The van der Waals surface area contributed by atoms with E-state index < -0.39 is 0 Å². The molecule has 24 heavy (non-hydrogen) atoms. The number of aryl methyl sites for hydroxylation is 1. The summed E-state index contributed by atoms with van der Waals surface area (Å²) in [6, 6.07) is 12.0. The summed E-state index contributed by atoms with van der Waals surface area (Å²) in [7, 11) is 1.67. The normalized spacial score (nSPS) is 10.3. The number of nitrogens with one attached hydrogen (secondary N) is 2. The van der Waals surface area contributed by atoms with E-state index in [0.717, 1.165) is 35.7 Å². The number of nitrogens with zero attached hydrogens (tertiary/aromatic N) is 1. The standard InChI is InChI=1S/C18H25N3O2.ClH/c1-14-13-17(18(22)20-10-9-19-11-12-23-3)15(2)21(14)16-7-5-4-6-8-16;/h4-8,13,19H,9-12H2,1-3H3,(H,20,22);1H. The lowest BCUT2D eigenvalue weighted by molar-refractivity contribution is 0.0953. The Balaban J connectivity index is 0.00000288. The number of benzene rings is 1. The van der Waals surface area contributed by atoms with Gasteiger partial charge in [-0.05, 0) is 32.0 Å². The van der Waals surface area contributed by atoms with Crippen LogP contribution in [0.15, 0.2) is 36.4 Å². The summed E-state index contributed by atoms with van der Waals surface area (Å²) in [5.74, 6) is -0.0335. The van der Waals surface area contributed by atoms with Crippen molar-refractivity contribution < 1.29 is 9.53 Å². The van der Waals surface area contributed by atoms with Crippen LogP contribution in [0.3, 0.4) is 0 Å². The zero-order valence-electron chi connectivity index (χ0n) is 14.5. The number of hydrogen-bond acceptors (Lipinski definition) is 3. The molecule has 0 atom stereocenters. The number of amides is 1. The van der Waals surface area contributed by atoms with Gasteiger partial charge in [0.05, 0.1) is 12.2 Å². The zero-order valence-corrected chi connectivity index (χ0v) is 15.3. The number of methoxy groups -OCH3 is 1. The molecule has 2 rings (SSSR count). The van der Waals surface area contributed by atoms with Gasteiger partial charge in [0.2, 0.25) is 0 Å². The molecular formula is C18H26ClN3O2. The summed E-state index contributed by atoms with van der Waals surface area (Å²) in [6.07, 6.45) is 0. The van der Waals surface area contributed by atoms with Crippen LogP contribution in [0.4, 0.5) is 0 Å². The third-order valence-electron chi connectivity index (χ3n) is 3.76. The molecule has 6 heteroatoms. The second kappa shape index (κ2) is 10.1. The minimum Gasteiger partial charge on any atom is -0.383 e. The first-order valence-corrected chi connectivity index (χ1v) is 7.87. The molecular weight excluding hydrogens is 326 g/mol. The van der Waals surface area contributed by atoms with E-state index in [0.29, 0.717) is 13.2 Å².